The normalized spacial score (nSPS) is 12.2. The Morgan fingerprint density at radius 3 is 2.65 bits per heavy atom. The molecule has 0 saturated carbocycles. The van der Waals surface area contributed by atoms with Gasteiger partial charge in [-0.2, -0.15) is 0 Å². The van der Waals surface area contributed by atoms with Crippen LogP contribution in [0.15, 0.2) is 42.5 Å². The molecule has 1 N–H and O–H groups in total. The van der Waals surface area contributed by atoms with E-state index in [0.29, 0.717) is 0 Å². The maximum Gasteiger partial charge on any atom is 0.123 e. The largest absolute Gasteiger partial charge is 0.496 e. The average Bonchev–Trinajstić information content (AvgIpc) is 2.48. The molecule has 0 aliphatic heterocycles. The number of benzene rings is 2. The second kappa shape index (κ2) is 7.29. The topological polar surface area (TPSA) is 21.3 Å². The van der Waals surface area contributed by atoms with Crippen LogP contribution in [0.4, 0.5) is 0 Å². The maximum atomic E-state index is 6.25. The Hall–Kier alpha value is -0.780. The molecule has 1 atom stereocenters. The van der Waals surface area contributed by atoms with Crippen LogP contribution >= 0.6 is 34.2 Å². The summed E-state index contributed by atoms with van der Waals surface area (Å²) in [5, 5.41) is 4.27. The molecule has 0 radical (unpaired) electrons. The van der Waals surface area contributed by atoms with Gasteiger partial charge in [0.2, 0.25) is 0 Å². The zero-order valence-corrected chi connectivity index (χ0v) is 14.4. The molecule has 0 aromatic heterocycles. The minimum absolute atomic E-state index is 0.0747. The van der Waals surface area contributed by atoms with E-state index < -0.39 is 0 Å². The van der Waals surface area contributed by atoms with Gasteiger partial charge in [0.05, 0.1) is 18.2 Å². The SMILES string of the molecule is CCNC(c1ccc(I)c(Cl)c1)c1ccccc1OC. The summed E-state index contributed by atoms with van der Waals surface area (Å²) in [5.74, 6) is 0.883. The first-order chi connectivity index (χ1) is 9.67. The summed E-state index contributed by atoms with van der Waals surface area (Å²) >= 11 is 8.49. The fraction of sp³-hybridized carbons (Fsp3) is 0.250. The third-order valence-corrected chi connectivity index (χ3v) is 4.71. The van der Waals surface area contributed by atoms with Crippen LogP contribution in [0.2, 0.25) is 5.02 Å². The summed E-state index contributed by atoms with van der Waals surface area (Å²) in [6.07, 6.45) is 0. The van der Waals surface area contributed by atoms with Crippen LogP contribution in [-0.4, -0.2) is 13.7 Å². The molecule has 0 amide bonds. The second-order valence-electron chi connectivity index (χ2n) is 4.41. The summed E-state index contributed by atoms with van der Waals surface area (Å²) in [6.45, 7) is 2.96. The van der Waals surface area contributed by atoms with Crippen LogP contribution in [0.1, 0.15) is 24.1 Å². The Morgan fingerprint density at radius 2 is 2.00 bits per heavy atom. The number of nitrogens with one attached hydrogen (secondary N) is 1. The van der Waals surface area contributed by atoms with Gasteiger partial charge in [0.1, 0.15) is 5.75 Å². The summed E-state index contributed by atoms with van der Waals surface area (Å²) in [7, 11) is 1.70. The van der Waals surface area contributed by atoms with Gasteiger partial charge in [0.25, 0.3) is 0 Å². The van der Waals surface area contributed by atoms with Crippen LogP contribution in [0.25, 0.3) is 0 Å². The van der Waals surface area contributed by atoms with Crippen molar-refractivity contribution >= 4 is 34.2 Å². The van der Waals surface area contributed by atoms with Gasteiger partial charge in [0, 0.05) is 9.13 Å². The Labute approximate surface area is 138 Å². The molecule has 0 aliphatic rings. The standard InChI is InChI=1S/C16H17ClINO/c1-3-19-16(11-8-9-14(18)13(17)10-11)12-6-4-5-7-15(12)20-2/h4-10,16,19H,3H2,1-2H3. The fourth-order valence-corrected chi connectivity index (χ4v) is 2.73. The highest BCUT2D eigenvalue weighted by atomic mass is 127. The lowest BCUT2D eigenvalue weighted by Gasteiger charge is -2.21. The lowest BCUT2D eigenvalue weighted by atomic mass is 9.98. The van der Waals surface area contributed by atoms with E-state index in [9.17, 15) is 0 Å². The van der Waals surface area contributed by atoms with Gasteiger partial charge >= 0.3 is 0 Å². The van der Waals surface area contributed by atoms with Crippen molar-refractivity contribution in [2.45, 2.75) is 13.0 Å². The quantitative estimate of drug-likeness (QED) is 0.736. The zero-order valence-electron chi connectivity index (χ0n) is 11.5. The predicted octanol–water partition coefficient (Wildman–Crippen LogP) is 4.65. The Morgan fingerprint density at radius 1 is 1.25 bits per heavy atom. The average molecular weight is 402 g/mol. The van der Waals surface area contributed by atoms with Gasteiger partial charge in [-0.1, -0.05) is 42.8 Å². The van der Waals surface area contributed by atoms with Crippen molar-refractivity contribution in [3.63, 3.8) is 0 Å². The molecule has 0 fully saturated rings. The van der Waals surface area contributed by atoms with Crippen LogP contribution in [-0.2, 0) is 0 Å². The molecule has 0 aliphatic carbocycles. The van der Waals surface area contributed by atoms with E-state index in [-0.39, 0.29) is 6.04 Å². The van der Waals surface area contributed by atoms with E-state index in [1.54, 1.807) is 7.11 Å². The summed E-state index contributed by atoms with van der Waals surface area (Å²) in [4.78, 5) is 0. The lowest BCUT2D eigenvalue weighted by molar-refractivity contribution is 0.404. The van der Waals surface area contributed by atoms with Crippen molar-refractivity contribution in [3.8, 4) is 5.75 Å². The van der Waals surface area contributed by atoms with Crippen LogP contribution in [0.3, 0.4) is 0 Å². The molecule has 2 aromatic rings. The van der Waals surface area contributed by atoms with E-state index in [1.807, 2.05) is 30.3 Å². The molecule has 2 rings (SSSR count). The fourth-order valence-electron chi connectivity index (χ4n) is 2.21. The molecule has 1 unspecified atom stereocenters. The highest BCUT2D eigenvalue weighted by Crippen LogP contribution is 2.32. The van der Waals surface area contributed by atoms with Crippen molar-refractivity contribution in [3.05, 3.63) is 62.2 Å². The first kappa shape index (κ1) is 15.6. The number of para-hydroxylation sites is 1. The second-order valence-corrected chi connectivity index (χ2v) is 5.98. The third-order valence-electron chi connectivity index (χ3n) is 3.14. The van der Waals surface area contributed by atoms with E-state index in [2.05, 4.69) is 47.0 Å². The van der Waals surface area contributed by atoms with E-state index in [1.165, 1.54) is 0 Å². The summed E-state index contributed by atoms with van der Waals surface area (Å²) < 4.78 is 6.53. The Bertz CT molecular complexity index is 588. The van der Waals surface area contributed by atoms with Gasteiger partial charge in [0.15, 0.2) is 0 Å². The minimum atomic E-state index is 0.0747. The Kier molecular flexibility index (Phi) is 5.69. The lowest BCUT2D eigenvalue weighted by Crippen LogP contribution is -2.22. The first-order valence-corrected chi connectivity index (χ1v) is 7.94. The molecular formula is C16H17ClINO. The molecule has 106 valence electrons. The van der Waals surface area contributed by atoms with Crippen molar-refractivity contribution in [1.82, 2.24) is 5.32 Å². The van der Waals surface area contributed by atoms with Crippen LogP contribution < -0.4 is 10.1 Å². The smallest absolute Gasteiger partial charge is 0.123 e. The number of hydrogen-bond donors (Lipinski definition) is 1. The Balaban J connectivity index is 2.47. The molecular weight excluding hydrogens is 385 g/mol. The first-order valence-electron chi connectivity index (χ1n) is 6.48. The van der Waals surface area contributed by atoms with Gasteiger partial charge < -0.3 is 10.1 Å². The molecule has 0 heterocycles. The summed E-state index contributed by atoms with van der Waals surface area (Å²) in [5.41, 5.74) is 2.26. The van der Waals surface area contributed by atoms with Crippen molar-refractivity contribution < 1.29 is 4.74 Å². The zero-order chi connectivity index (χ0) is 14.5. The highest BCUT2D eigenvalue weighted by Gasteiger charge is 2.17. The van der Waals surface area contributed by atoms with Gasteiger partial charge in [-0.25, -0.2) is 0 Å². The highest BCUT2D eigenvalue weighted by molar-refractivity contribution is 14.1. The van der Waals surface area contributed by atoms with Crippen LogP contribution in [0, 0.1) is 3.57 Å². The third kappa shape index (κ3) is 3.45. The molecule has 20 heavy (non-hydrogen) atoms. The maximum absolute atomic E-state index is 6.25. The molecule has 0 saturated heterocycles. The number of halogens is 2. The predicted molar refractivity (Wildman–Crippen MR) is 92.7 cm³/mol. The number of rotatable bonds is 5. The molecule has 2 aromatic carbocycles. The molecule has 2 nitrogen and oxygen atoms in total. The van der Waals surface area contributed by atoms with Crippen LogP contribution in [0.5, 0.6) is 5.75 Å². The molecule has 0 bridgehead atoms. The van der Waals surface area contributed by atoms with Crippen molar-refractivity contribution in [1.29, 1.82) is 0 Å². The number of ether oxygens (including phenoxy) is 1. The summed E-state index contributed by atoms with van der Waals surface area (Å²) in [6, 6.07) is 14.3. The van der Waals surface area contributed by atoms with E-state index in [0.717, 1.165) is 32.0 Å². The monoisotopic (exact) mass is 401 g/mol. The van der Waals surface area contributed by atoms with Crippen molar-refractivity contribution in [2.24, 2.45) is 0 Å². The number of methoxy groups -OCH3 is 1. The number of hydrogen-bond acceptors (Lipinski definition) is 2. The van der Waals surface area contributed by atoms with Gasteiger partial charge in [-0.3, -0.25) is 0 Å². The minimum Gasteiger partial charge on any atom is -0.496 e. The van der Waals surface area contributed by atoms with Gasteiger partial charge in [-0.05, 0) is 52.9 Å². The van der Waals surface area contributed by atoms with E-state index >= 15 is 0 Å². The van der Waals surface area contributed by atoms with E-state index in [4.69, 9.17) is 16.3 Å². The van der Waals surface area contributed by atoms with Crippen molar-refractivity contribution in [2.75, 3.05) is 13.7 Å². The van der Waals surface area contributed by atoms with Gasteiger partial charge in [-0.15, -0.1) is 0 Å². The molecule has 0 spiro atoms. The molecule has 4 heteroatoms.